The largest absolute Gasteiger partial charge is 0.490 e. The maximum atomic E-state index is 14.3. The molecule has 0 spiro atoms. The Labute approximate surface area is 193 Å². The fraction of sp³-hybridized carbons (Fsp3) is 0.586. The zero-order valence-corrected chi connectivity index (χ0v) is 20.7. The van der Waals surface area contributed by atoms with Gasteiger partial charge >= 0.3 is 0 Å². The van der Waals surface area contributed by atoms with Crippen molar-refractivity contribution >= 4 is 0 Å². The molecule has 2 aromatic carbocycles. The van der Waals surface area contributed by atoms with Gasteiger partial charge in [0.25, 0.3) is 0 Å². The van der Waals surface area contributed by atoms with Gasteiger partial charge in [0, 0.05) is 11.8 Å². The highest BCUT2D eigenvalue weighted by atomic mass is 19.1. The van der Waals surface area contributed by atoms with Crippen LogP contribution in [-0.4, -0.2) is 17.3 Å². The highest BCUT2D eigenvalue weighted by molar-refractivity contribution is 5.44. The van der Waals surface area contributed by atoms with Gasteiger partial charge in [0.15, 0.2) is 0 Å². The first-order valence-corrected chi connectivity index (χ1v) is 12.2. The summed E-state index contributed by atoms with van der Waals surface area (Å²) in [6.07, 6.45) is 2.25. The van der Waals surface area contributed by atoms with Crippen molar-refractivity contribution in [2.75, 3.05) is 0 Å². The number of aliphatic hydroxyl groups excluding tert-OH is 1. The molecule has 0 aliphatic heterocycles. The van der Waals surface area contributed by atoms with Crippen LogP contribution >= 0.6 is 0 Å². The molecule has 4 atom stereocenters. The molecule has 2 nitrogen and oxygen atoms in total. The van der Waals surface area contributed by atoms with Crippen molar-refractivity contribution in [2.24, 2.45) is 11.3 Å². The Bertz CT molecular complexity index is 985. The normalized spacial score (nSPS) is 27.1. The molecule has 32 heavy (non-hydrogen) atoms. The van der Waals surface area contributed by atoms with Crippen LogP contribution in [0.4, 0.5) is 4.39 Å². The van der Waals surface area contributed by atoms with Gasteiger partial charge in [-0.05, 0) is 82.5 Å². The second-order valence-corrected chi connectivity index (χ2v) is 12.1. The third kappa shape index (κ3) is 4.21. The van der Waals surface area contributed by atoms with Crippen molar-refractivity contribution < 1.29 is 14.2 Å². The second kappa shape index (κ2) is 8.17. The van der Waals surface area contributed by atoms with E-state index in [-0.39, 0.29) is 40.7 Å². The molecule has 0 radical (unpaired) electrons. The molecule has 2 aliphatic carbocycles. The van der Waals surface area contributed by atoms with Gasteiger partial charge in [0.2, 0.25) is 0 Å². The van der Waals surface area contributed by atoms with E-state index in [0.717, 1.165) is 30.6 Å². The summed E-state index contributed by atoms with van der Waals surface area (Å²) in [5, 5.41) is 10.7. The number of rotatable bonds is 3. The van der Waals surface area contributed by atoms with Gasteiger partial charge < -0.3 is 9.84 Å². The lowest BCUT2D eigenvalue weighted by molar-refractivity contribution is 0.0718. The Balaban J connectivity index is 1.74. The van der Waals surface area contributed by atoms with Crippen LogP contribution in [0.15, 0.2) is 36.4 Å². The summed E-state index contributed by atoms with van der Waals surface area (Å²) in [6, 6.07) is 11.7. The van der Waals surface area contributed by atoms with Crippen LogP contribution in [0.25, 0.3) is 0 Å². The smallest absolute Gasteiger partial charge is 0.123 e. The molecule has 1 N–H and O–H groups in total. The van der Waals surface area contributed by atoms with Gasteiger partial charge in [-0.2, -0.15) is 0 Å². The van der Waals surface area contributed by atoms with E-state index < -0.39 is 0 Å². The van der Waals surface area contributed by atoms with Gasteiger partial charge in [-0.25, -0.2) is 4.39 Å². The van der Waals surface area contributed by atoms with E-state index in [1.165, 1.54) is 16.7 Å². The summed E-state index contributed by atoms with van der Waals surface area (Å²) in [7, 11) is 0. The minimum absolute atomic E-state index is 0.0524. The van der Waals surface area contributed by atoms with E-state index in [1.54, 1.807) is 12.1 Å². The summed E-state index contributed by atoms with van der Waals surface area (Å²) in [6.45, 7) is 15.5. The predicted octanol–water partition coefficient (Wildman–Crippen LogP) is 7.13. The standard InChI is InChI=1S/C29H39FO2/c1-17(2)26-21-15-20(11-8-18(21)9-13-24(26)31)32-25-16-29(6,7)23-12-10-19(30)14-22(23)27(25)28(3,4)5/h8,10-12,14-15,17,24-27,31H,9,13,16H2,1-7H3. The molecule has 0 saturated carbocycles. The number of ether oxygens (including phenoxy) is 1. The Morgan fingerprint density at radius 2 is 1.78 bits per heavy atom. The number of fused-ring (bicyclic) bond motifs is 2. The van der Waals surface area contributed by atoms with Crippen LogP contribution < -0.4 is 4.74 Å². The van der Waals surface area contributed by atoms with E-state index in [0.29, 0.717) is 5.92 Å². The van der Waals surface area contributed by atoms with E-state index in [4.69, 9.17) is 4.74 Å². The van der Waals surface area contributed by atoms with Crippen LogP contribution in [0.3, 0.4) is 0 Å². The maximum Gasteiger partial charge on any atom is 0.123 e. The lowest BCUT2D eigenvalue weighted by Gasteiger charge is -2.47. The highest BCUT2D eigenvalue weighted by Gasteiger charge is 2.45. The quantitative estimate of drug-likeness (QED) is 0.552. The van der Waals surface area contributed by atoms with Gasteiger partial charge in [-0.3, -0.25) is 0 Å². The maximum absolute atomic E-state index is 14.3. The van der Waals surface area contributed by atoms with Crippen LogP contribution in [0, 0.1) is 17.2 Å². The lowest BCUT2D eigenvalue weighted by atomic mass is 9.61. The van der Waals surface area contributed by atoms with Crippen molar-refractivity contribution in [1.82, 2.24) is 0 Å². The molecular weight excluding hydrogens is 399 g/mol. The van der Waals surface area contributed by atoms with Crippen molar-refractivity contribution in [3.63, 3.8) is 0 Å². The Morgan fingerprint density at radius 3 is 2.44 bits per heavy atom. The topological polar surface area (TPSA) is 29.5 Å². The minimum Gasteiger partial charge on any atom is -0.490 e. The molecule has 2 aliphatic rings. The first kappa shape index (κ1) is 23.3. The summed E-state index contributed by atoms with van der Waals surface area (Å²) in [5.41, 5.74) is 4.68. The average Bonchev–Trinajstić information content (AvgIpc) is 2.65. The first-order chi connectivity index (χ1) is 14.9. The SMILES string of the molecule is CC(C)C1c2cc(OC3CC(C)(C)c4ccc(F)cc4C3C(C)(C)C)ccc2CCC1O. The molecule has 4 rings (SSSR count). The molecule has 3 heteroatoms. The molecule has 0 saturated heterocycles. The molecule has 174 valence electrons. The molecular formula is C29H39FO2. The van der Waals surface area contributed by atoms with Crippen LogP contribution in [-0.2, 0) is 11.8 Å². The Kier molecular flexibility index (Phi) is 5.94. The van der Waals surface area contributed by atoms with Gasteiger partial charge in [0.1, 0.15) is 17.7 Å². The zero-order chi connectivity index (χ0) is 23.4. The molecule has 0 aromatic heterocycles. The third-order valence-corrected chi connectivity index (χ3v) is 7.70. The van der Waals surface area contributed by atoms with Crippen molar-refractivity contribution in [3.8, 4) is 5.75 Å². The summed E-state index contributed by atoms with van der Waals surface area (Å²) < 4.78 is 21.1. The minimum atomic E-state index is -0.302. The van der Waals surface area contributed by atoms with Crippen LogP contribution in [0.1, 0.15) is 95.4 Å². The lowest BCUT2D eigenvalue weighted by Crippen LogP contribution is -2.44. The first-order valence-electron chi connectivity index (χ1n) is 12.2. The summed E-state index contributed by atoms with van der Waals surface area (Å²) >= 11 is 0. The number of aryl methyl sites for hydroxylation is 1. The number of aliphatic hydroxyl groups is 1. The van der Waals surface area contributed by atoms with Crippen molar-refractivity contribution in [3.05, 3.63) is 64.5 Å². The van der Waals surface area contributed by atoms with E-state index >= 15 is 0 Å². The molecule has 0 heterocycles. The summed E-state index contributed by atoms with van der Waals surface area (Å²) in [4.78, 5) is 0. The number of halogens is 1. The van der Waals surface area contributed by atoms with E-state index in [1.807, 2.05) is 6.07 Å². The second-order valence-electron chi connectivity index (χ2n) is 12.1. The molecule has 4 unspecified atom stereocenters. The van der Waals surface area contributed by atoms with Crippen LogP contribution in [0.2, 0.25) is 0 Å². The predicted molar refractivity (Wildman–Crippen MR) is 129 cm³/mol. The average molecular weight is 439 g/mol. The molecule has 2 aromatic rings. The number of hydrogen-bond acceptors (Lipinski definition) is 2. The third-order valence-electron chi connectivity index (χ3n) is 7.70. The van der Waals surface area contributed by atoms with E-state index in [2.05, 4.69) is 66.7 Å². The number of benzene rings is 2. The van der Waals surface area contributed by atoms with Gasteiger partial charge in [0.05, 0.1) is 6.10 Å². The highest BCUT2D eigenvalue weighted by Crippen LogP contribution is 2.51. The van der Waals surface area contributed by atoms with E-state index in [9.17, 15) is 9.50 Å². The fourth-order valence-electron chi connectivity index (χ4n) is 6.32. The number of hydrogen-bond donors (Lipinski definition) is 1. The Morgan fingerprint density at radius 1 is 1.06 bits per heavy atom. The monoisotopic (exact) mass is 438 g/mol. The van der Waals surface area contributed by atoms with Crippen molar-refractivity contribution in [1.29, 1.82) is 0 Å². The summed E-state index contributed by atoms with van der Waals surface area (Å²) in [5.74, 6) is 1.27. The van der Waals surface area contributed by atoms with Crippen molar-refractivity contribution in [2.45, 2.75) is 97.2 Å². The molecule has 0 amide bonds. The van der Waals surface area contributed by atoms with Crippen LogP contribution in [0.5, 0.6) is 5.75 Å². The molecule has 0 fully saturated rings. The van der Waals surface area contributed by atoms with Gasteiger partial charge in [-0.15, -0.1) is 0 Å². The molecule has 0 bridgehead atoms. The fourth-order valence-corrected chi connectivity index (χ4v) is 6.32. The zero-order valence-electron chi connectivity index (χ0n) is 20.7. The Hall–Kier alpha value is -1.87. The van der Waals surface area contributed by atoms with Gasteiger partial charge in [-0.1, -0.05) is 60.6 Å².